The summed E-state index contributed by atoms with van der Waals surface area (Å²) in [6, 6.07) is 6.74. The first-order chi connectivity index (χ1) is 9.58. The van der Waals surface area contributed by atoms with E-state index in [-0.39, 0.29) is 5.41 Å². The Balaban J connectivity index is 1.71. The molecule has 2 fully saturated rings. The molecule has 2 nitrogen and oxygen atoms in total. The van der Waals surface area contributed by atoms with Crippen molar-refractivity contribution in [2.45, 2.75) is 51.0 Å². The molecule has 20 heavy (non-hydrogen) atoms. The molecule has 1 aliphatic heterocycles. The van der Waals surface area contributed by atoms with Gasteiger partial charge in [-0.3, -0.25) is 4.90 Å². The van der Waals surface area contributed by atoms with E-state index in [1.807, 2.05) is 12.1 Å². The average molecular weight is 271 g/mol. The Morgan fingerprint density at radius 2 is 2.15 bits per heavy atom. The molecule has 1 N–H and O–H groups in total. The fourth-order valence-electron chi connectivity index (χ4n) is 4.55. The molecule has 2 unspecified atom stereocenters. The third-order valence-corrected chi connectivity index (χ3v) is 6.30. The van der Waals surface area contributed by atoms with Crippen molar-refractivity contribution in [3.63, 3.8) is 0 Å². The van der Waals surface area contributed by atoms with Gasteiger partial charge in [-0.15, -0.1) is 0 Å². The summed E-state index contributed by atoms with van der Waals surface area (Å²) < 4.78 is 0. The van der Waals surface area contributed by atoms with Crippen LogP contribution in [0.1, 0.15) is 44.2 Å². The fourth-order valence-corrected chi connectivity index (χ4v) is 4.55. The topological polar surface area (TPSA) is 23.5 Å². The first-order valence-corrected chi connectivity index (χ1v) is 8.14. The predicted octanol–water partition coefficient (Wildman–Crippen LogP) is 3.33. The highest BCUT2D eigenvalue weighted by molar-refractivity contribution is 5.44. The van der Waals surface area contributed by atoms with Crippen molar-refractivity contribution < 1.29 is 5.11 Å². The largest absolute Gasteiger partial charge is 0.508 e. The van der Waals surface area contributed by atoms with Crippen LogP contribution in [0.3, 0.4) is 0 Å². The summed E-state index contributed by atoms with van der Waals surface area (Å²) in [7, 11) is 0. The molecular formula is C18H25NO. The SMILES string of the molecule is CC1C2Cc3ccc(O)cc3[C@]1(C)CCN2CC1CC1. The Labute approximate surface area is 121 Å². The molecule has 108 valence electrons. The molecular weight excluding hydrogens is 246 g/mol. The van der Waals surface area contributed by atoms with Gasteiger partial charge in [-0.05, 0) is 72.7 Å². The van der Waals surface area contributed by atoms with Gasteiger partial charge < -0.3 is 5.11 Å². The minimum Gasteiger partial charge on any atom is -0.508 e. The third-order valence-electron chi connectivity index (χ3n) is 6.30. The summed E-state index contributed by atoms with van der Waals surface area (Å²) in [5, 5.41) is 9.85. The van der Waals surface area contributed by atoms with Crippen molar-refractivity contribution in [1.29, 1.82) is 0 Å². The van der Waals surface area contributed by atoms with Gasteiger partial charge in [0, 0.05) is 12.6 Å². The standard InChI is InChI=1S/C18H25NO/c1-12-17-9-14-5-6-15(20)10-16(14)18(12,2)7-8-19(17)11-13-3-4-13/h5-6,10,12-13,17,20H,3-4,7-9,11H2,1-2H3/t12?,17?,18-/m1/s1. The summed E-state index contributed by atoms with van der Waals surface area (Å²) in [5.74, 6) is 2.09. The number of phenols is 1. The fraction of sp³-hybridized carbons (Fsp3) is 0.667. The van der Waals surface area contributed by atoms with Gasteiger partial charge in [-0.25, -0.2) is 0 Å². The summed E-state index contributed by atoms with van der Waals surface area (Å²) in [4.78, 5) is 2.76. The van der Waals surface area contributed by atoms with E-state index >= 15 is 0 Å². The lowest BCUT2D eigenvalue weighted by molar-refractivity contribution is 0.0283. The van der Waals surface area contributed by atoms with E-state index in [0.29, 0.717) is 17.7 Å². The van der Waals surface area contributed by atoms with Crippen LogP contribution in [-0.2, 0) is 11.8 Å². The van der Waals surface area contributed by atoms with Gasteiger partial charge >= 0.3 is 0 Å². The quantitative estimate of drug-likeness (QED) is 0.892. The number of nitrogens with zero attached hydrogens (tertiary/aromatic N) is 1. The zero-order valence-electron chi connectivity index (χ0n) is 12.6. The highest BCUT2D eigenvalue weighted by atomic mass is 16.3. The molecule has 3 atom stereocenters. The molecule has 1 aromatic carbocycles. The Morgan fingerprint density at radius 3 is 2.90 bits per heavy atom. The molecule has 2 aliphatic carbocycles. The van der Waals surface area contributed by atoms with Gasteiger partial charge in [0.25, 0.3) is 0 Å². The third kappa shape index (κ3) is 1.81. The second-order valence-electron chi connectivity index (χ2n) is 7.51. The van der Waals surface area contributed by atoms with E-state index in [9.17, 15) is 5.11 Å². The van der Waals surface area contributed by atoms with E-state index in [2.05, 4.69) is 24.8 Å². The van der Waals surface area contributed by atoms with Gasteiger partial charge in [-0.1, -0.05) is 19.9 Å². The van der Waals surface area contributed by atoms with Crippen LogP contribution >= 0.6 is 0 Å². The number of benzene rings is 1. The van der Waals surface area contributed by atoms with Gasteiger partial charge in [0.1, 0.15) is 5.75 Å². The van der Waals surface area contributed by atoms with E-state index in [4.69, 9.17) is 0 Å². The van der Waals surface area contributed by atoms with Crippen LogP contribution in [0.25, 0.3) is 0 Å². The van der Waals surface area contributed by atoms with Gasteiger partial charge in [0.05, 0.1) is 0 Å². The normalized spacial score (nSPS) is 36.7. The number of piperidine rings is 1. The van der Waals surface area contributed by atoms with Crippen molar-refractivity contribution in [2.24, 2.45) is 11.8 Å². The smallest absolute Gasteiger partial charge is 0.115 e. The van der Waals surface area contributed by atoms with Gasteiger partial charge in [0.2, 0.25) is 0 Å². The van der Waals surface area contributed by atoms with Crippen molar-refractivity contribution >= 4 is 0 Å². The molecule has 1 heterocycles. The molecule has 0 spiro atoms. The van der Waals surface area contributed by atoms with Crippen LogP contribution in [0.4, 0.5) is 0 Å². The summed E-state index contributed by atoms with van der Waals surface area (Å²) in [5.41, 5.74) is 3.12. The molecule has 4 rings (SSSR count). The number of phenolic OH excluding ortho intramolecular Hbond substituents is 1. The first-order valence-electron chi connectivity index (χ1n) is 8.14. The van der Waals surface area contributed by atoms with Crippen molar-refractivity contribution in [3.05, 3.63) is 29.3 Å². The van der Waals surface area contributed by atoms with E-state index in [1.165, 1.54) is 49.9 Å². The summed E-state index contributed by atoms with van der Waals surface area (Å²) in [6.45, 7) is 7.39. The molecule has 0 radical (unpaired) electrons. The average Bonchev–Trinajstić information content (AvgIpc) is 3.22. The maximum atomic E-state index is 9.85. The molecule has 3 aliphatic rings. The van der Waals surface area contributed by atoms with Crippen LogP contribution in [0.2, 0.25) is 0 Å². The first kappa shape index (κ1) is 12.7. The van der Waals surface area contributed by atoms with Crippen LogP contribution in [-0.4, -0.2) is 29.1 Å². The van der Waals surface area contributed by atoms with Gasteiger partial charge in [-0.2, -0.15) is 0 Å². The lowest BCUT2D eigenvalue weighted by Crippen LogP contribution is -2.58. The van der Waals surface area contributed by atoms with Crippen LogP contribution in [0.5, 0.6) is 5.75 Å². The van der Waals surface area contributed by atoms with E-state index < -0.39 is 0 Å². The molecule has 0 aromatic heterocycles. The summed E-state index contributed by atoms with van der Waals surface area (Å²) >= 11 is 0. The molecule has 1 saturated heterocycles. The molecule has 0 amide bonds. The maximum Gasteiger partial charge on any atom is 0.115 e. The monoisotopic (exact) mass is 271 g/mol. The van der Waals surface area contributed by atoms with Crippen molar-refractivity contribution in [3.8, 4) is 5.75 Å². The number of rotatable bonds is 2. The highest BCUT2D eigenvalue weighted by Crippen LogP contribution is 2.49. The predicted molar refractivity (Wildman–Crippen MR) is 81.0 cm³/mol. The maximum absolute atomic E-state index is 9.85. The Kier molecular flexibility index (Phi) is 2.69. The second kappa shape index (κ2) is 4.24. The number of hydrogen-bond donors (Lipinski definition) is 1. The lowest BCUT2D eigenvalue weighted by atomic mass is 9.59. The van der Waals surface area contributed by atoms with E-state index in [0.717, 1.165) is 5.92 Å². The Morgan fingerprint density at radius 1 is 1.35 bits per heavy atom. The molecule has 2 heteroatoms. The number of hydrogen-bond acceptors (Lipinski definition) is 2. The second-order valence-corrected chi connectivity index (χ2v) is 7.51. The van der Waals surface area contributed by atoms with Crippen LogP contribution in [0.15, 0.2) is 18.2 Å². The molecule has 1 aromatic rings. The number of fused-ring (bicyclic) bond motifs is 4. The molecule has 2 bridgehead atoms. The number of aromatic hydroxyl groups is 1. The van der Waals surface area contributed by atoms with Crippen LogP contribution < -0.4 is 0 Å². The lowest BCUT2D eigenvalue weighted by Gasteiger charge is -2.54. The summed E-state index contributed by atoms with van der Waals surface area (Å²) in [6.07, 6.45) is 5.28. The van der Waals surface area contributed by atoms with Crippen LogP contribution in [0, 0.1) is 11.8 Å². The Hall–Kier alpha value is -1.02. The van der Waals surface area contributed by atoms with Crippen molar-refractivity contribution in [2.75, 3.05) is 13.1 Å². The number of likely N-dealkylation sites (tertiary alicyclic amines) is 1. The van der Waals surface area contributed by atoms with Crippen molar-refractivity contribution in [1.82, 2.24) is 4.90 Å². The minimum atomic E-state index is 0.247. The molecule has 1 saturated carbocycles. The Bertz CT molecular complexity index is 536. The minimum absolute atomic E-state index is 0.247. The zero-order chi connectivity index (χ0) is 13.9. The highest BCUT2D eigenvalue weighted by Gasteiger charge is 2.48. The zero-order valence-corrected chi connectivity index (χ0v) is 12.6. The van der Waals surface area contributed by atoms with Gasteiger partial charge in [0.15, 0.2) is 0 Å². The van der Waals surface area contributed by atoms with E-state index in [1.54, 1.807) is 0 Å².